The molecule has 0 saturated carbocycles. The van der Waals surface area contributed by atoms with Gasteiger partial charge in [0, 0.05) is 58.6 Å². The monoisotopic (exact) mass is 544 g/mol. The van der Waals surface area contributed by atoms with E-state index in [-0.39, 0.29) is 35.1 Å². The molecule has 15 heteroatoms. The summed E-state index contributed by atoms with van der Waals surface area (Å²) in [6.45, 7) is 8.25. The molecule has 1 atom stereocenters. The molecular weight excluding hydrogens is 514 g/mol. The molecule has 0 spiro atoms. The maximum atomic E-state index is 13.8. The first-order chi connectivity index (χ1) is 18.8. The predicted molar refractivity (Wildman–Crippen MR) is 137 cm³/mol. The number of hydrogen-bond donors (Lipinski definition) is 1. The molecule has 3 fully saturated rings. The van der Waals surface area contributed by atoms with E-state index < -0.39 is 12.1 Å². The number of rotatable bonds is 6. The highest BCUT2D eigenvalue weighted by atomic mass is 19.3. The van der Waals surface area contributed by atoms with Crippen molar-refractivity contribution in [1.82, 2.24) is 34.7 Å². The van der Waals surface area contributed by atoms with Gasteiger partial charge in [-0.2, -0.15) is 15.0 Å². The summed E-state index contributed by atoms with van der Waals surface area (Å²) in [7, 11) is 0. The highest BCUT2D eigenvalue weighted by Crippen LogP contribution is 2.30. The lowest BCUT2D eigenvalue weighted by atomic mass is 10.1. The smallest absolute Gasteiger partial charge is 0.281 e. The molecule has 2 N–H and O–H groups in total. The molecule has 208 valence electrons. The zero-order chi connectivity index (χ0) is 27.5. The number of piperazine rings is 1. The molecule has 0 unspecified atom stereocenters. The number of alkyl halides is 2. The van der Waals surface area contributed by atoms with Crippen LogP contribution in [-0.4, -0.2) is 112 Å². The van der Waals surface area contributed by atoms with Gasteiger partial charge in [0.05, 0.1) is 24.7 Å². The van der Waals surface area contributed by atoms with Gasteiger partial charge in [0.15, 0.2) is 5.82 Å². The van der Waals surface area contributed by atoms with E-state index >= 15 is 0 Å². The molecule has 13 nitrogen and oxygen atoms in total. The summed E-state index contributed by atoms with van der Waals surface area (Å²) >= 11 is 0. The largest absolute Gasteiger partial charge is 0.378 e. The molecule has 39 heavy (non-hydrogen) atoms. The number of morpholine rings is 1. The Bertz CT molecular complexity index is 1230. The normalized spacial score (nSPS) is 20.0. The van der Waals surface area contributed by atoms with Gasteiger partial charge < -0.3 is 30.1 Å². The SMILES string of the molecule is C=CC(=O)N1CC[C@H](C(=O)N2CCN(c3nc(-c4cnc(N)nc4C(F)F)nc(N4CCOCC4)n3)CC2)C1. The number of nitrogen functional groups attached to an aromatic ring is 1. The van der Waals surface area contributed by atoms with Gasteiger partial charge in [0.1, 0.15) is 5.69 Å². The summed E-state index contributed by atoms with van der Waals surface area (Å²) in [5.74, 6) is 0.0137. The Balaban J connectivity index is 1.36. The number of nitrogens with zero attached hydrogens (tertiary/aromatic N) is 9. The van der Waals surface area contributed by atoms with Crippen molar-refractivity contribution >= 4 is 29.7 Å². The number of halogens is 2. The van der Waals surface area contributed by atoms with E-state index in [2.05, 4.69) is 31.5 Å². The van der Waals surface area contributed by atoms with E-state index in [1.54, 1.807) is 9.80 Å². The second-order valence-electron chi connectivity index (χ2n) is 9.47. The van der Waals surface area contributed by atoms with Crippen LogP contribution in [0, 0.1) is 5.92 Å². The molecule has 0 bridgehead atoms. The molecule has 2 amide bonds. The summed E-state index contributed by atoms with van der Waals surface area (Å²) in [6, 6.07) is 0. The molecule has 2 aromatic rings. The summed E-state index contributed by atoms with van der Waals surface area (Å²) < 4.78 is 33.1. The average molecular weight is 545 g/mol. The number of amides is 2. The van der Waals surface area contributed by atoms with Crippen LogP contribution in [0.5, 0.6) is 0 Å². The first-order valence-electron chi connectivity index (χ1n) is 12.8. The van der Waals surface area contributed by atoms with E-state index in [1.165, 1.54) is 12.3 Å². The highest BCUT2D eigenvalue weighted by Gasteiger charge is 2.34. The topological polar surface area (TPSA) is 147 Å². The number of carbonyl (C=O) groups excluding carboxylic acids is 2. The summed E-state index contributed by atoms with van der Waals surface area (Å²) in [4.78, 5) is 53.5. The van der Waals surface area contributed by atoms with E-state index in [4.69, 9.17) is 10.5 Å². The number of carbonyl (C=O) groups is 2. The summed E-state index contributed by atoms with van der Waals surface area (Å²) in [5.41, 5.74) is 4.98. The summed E-state index contributed by atoms with van der Waals surface area (Å²) in [5, 5.41) is 0. The van der Waals surface area contributed by atoms with Crippen molar-refractivity contribution in [3.63, 3.8) is 0 Å². The minimum absolute atomic E-state index is 0.0138. The van der Waals surface area contributed by atoms with Crippen molar-refractivity contribution in [2.24, 2.45) is 5.92 Å². The van der Waals surface area contributed by atoms with Crippen LogP contribution in [0.3, 0.4) is 0 Å². The van der Waals surface area contributed by atoms with Gasteiger partial charge in [0.25, 0.3) is 6.43 Å². The lowest BCUT2D eigenvalue weighted by Crippen LogP contribution is -2.51. The van der Waals surface area contributed by atoms with E-state index in [0.29, 0.717) is 83.9 Å². The van der Waals surface area contributed by atoms with Gasteiger partial charge in [0.2, 0.25) is 29.7 Å². The molecule has 3 saturated heterocycles. The third kappa shape index (κ3) is 5.72. The fourth-order valence-corrected chi connectivity index (χ4v) is 4.94. The Morgan fingerprint density at radius 2 is 1.64 bits per heavy atom. The van der Waals surface area contributed by atoms with Crippen molar-refractivity contribution in [2.45, 2.75) is 12.8 Å². The Hall–Kier alpha value is -4.01. The molecule has 0 radical (unpaired) electrons. The minimum Gasteiger partial charge on any atom is -0.378 e. The first kappa shape index (κ1) is 26.6. The van der Waals surface area contributed by atoms with Crippen molar-refractivity contribution in [1.29, 1.82) is 0 Å². The second kappa shape index (κ2) is 11.4. The van der Waals surface area contributed by atoms with Gasteiger partial charge in [-0.05, 0) is 12.5 Å². The Kier molecular flexibility index (Phi) is 7.77. The zero-order valence-corrected chi connectivity index (χ0v) is 21.4. The molecule has 0 aliphatic carbocycles. The van der Waals surface area contributed by atoms with Gasteiger partial charge in [-0.1, -0.05) is 6.58 Å². The minimum atomic E-state index is -2.90. The summed E-state index contributed by atoms with van der Waals surface area (Å²) in [6.07, 6.45) is 0.180. The number of likely N-dealkylation sites (tertiary alicyclic amines) is 1. The third-order valence-corrected chi connectivity index (χ3v) is 7.09. The van der Waals surface area contributed by atoms with E-state index in [1.807, 2.05) is 9.80 Å². The van der Waals surface area contributed by atoms with Gasteiger partial charge >= 0.3 is 0 Å². The Labute approximate surface area is 223 Å². The van der Waals surface area contributed by atoms with Gasteiger partial charge in [-0.25, -0.2) is 18.7 Å². The van der Waals surface area contributed by atoms with Gasteiger partial charge in [-0.15, -0.1) is 0 Å². The van der Waals surface area contributed by atoms with Crippen molar-refractivity contribution in [2.75, 3.05) is 81.1 Å². The number of aromatic nitrogens is 5. The fourth-order valence-electron chi connectivity index (χ4n) is 4.94. The molecule has 5 rings (SSSR count). The van der Waals surface area contributed by atoms with Crippen LogP contribution in [-0.2, 0) is 14.3 Å². The zero-order valence-electron chi connectivity index (χ0n) is 21.4. The maximum absolute atomic E-state index is 13.8. The molecular formula is C24H30F2N10O3. The van der Waals surface area contributed by atoms with Crippen molar-refractivity contribution in [3.05, 3.63) is 24.5 Å². The standard InChI is InChI=1S/C24H30F2N10O3/c1-2-17(37)36-4-3-15(14-36)21(38)33-5-7-34(8-6-33)23-30-20(16-13-28-22(27)29-18(16)19(25)26)31-24(32-23)35-9-11-39-12-10-35/h2,13,15,19H,1,3-12,14H2,(H2,27,28,29)/t15-/m0/s1. The van der Waals surface area contributed by atoms with Crippen LogP contribution in [0.1, 0.15) is 18.5 Å². The van der Waals surface area contributed by atoms with Crippen LogP contribution in [0.15, 0.2) is 18.9 Å². The number of anilines is 3. The number of ether oxygens (including phenoxy) is 1. The maximum Gasteiger partial charge on any atom is 0.281 e. The average Bonchev–Trinajstić information content (AvgIpc) is 3.47. The predicted octanol–water partition coefficient (Wildman–Crippen LogP) is 0.368. The van der Waals surface area contributed by atoms with Crippen LogP contribution in [0.2, 0.25) is 0 Å². The van der Waals surface area contributed by atoms with Crippen molar-refractivity contribution < 1.29 is 23.1 Å². The molecule has 2 aromatic heterocycles. The molecule has 3 aliphatic rings. The first-order valence-corrected chi connectivity index (χ1v) is 12.8. The number of nitrogens with two attached hydrogens (primary N) is 1. The Morgan fingerprint density at radius 1 is 0.974 bits per heavy atom. The van der Waals surface area contributed by atoms with Crippen LogP contribution in [0.4, 0.5) is 26.6 Å². The van der Waals surface area contributed by atoms with Crippen molar-refractivity contribution in [3.8, 4) is 11.4 Å². The van der Waals surface area contributed by atoms with Crippen LogP contribution < -0.4 is 15.5 Å². The second-order valence-corrected chi connectivity index (χ2v) is 9.47. The van der Waals surface area contributed by atoms with Crippen LogP contribution in [0.25, 0.3) is 11.4 Å². The quantitative estimate of drug-likeness (QED) is 0.503. The van der Waals surface area contributed by atoms with Crippen LogP contribution >= 0.6 is 0 Å². The fraction of sp³-hybridized carbons (Fsp3) is 0.542. The van der Waals surface area contributed by atoms with Gasteiger partial charge in [-0.3, -0.25) is 9.59 Å². The molecule has 0 aromatic carbocycles. The lowest BCUT2D eigenvalue weighted by molar-refractivity contribution is -0.135. The Morgan fingerprint density at radius 3 is 2.28 bits per heavy atom. The highest BCUT2D eigenvalue weighted by molar-refractivity contribution is 5.88. The van der Waals surface area contributed by atoms with E-state index in [9.17, 15) is 18.4 Å². The molecule has 5 heterocycles. The van der Waals surface area contributed by atoms with E-state index in [0.717, 1.165) is 0 Å². The molecule has 3 aliphatic heterocycles. The lowest BCUT2D eigenvalue weighted by Gasteiger charge is -2.36. The number of hydrogen-bond acceptors (Lipinski definition) is 11. The third-order valence-electron chi connectivity index (χ3n) is 7.09.